The third-order valence-electron chi connectivity index (χ3n) is 4.48. The number of hydrogen-bond donors (Lipinski definition) is 1. The summed E-state index contributed by atoms with van der Waals surface area (Å²) in [5.41, 5.74) is 1.97. The second-order valence-corrected chi connectivity index (χ2v) is 6.71. The quantitative estimate of drug-likeness (QED) is 0.539. The van der Waals surface area contributed by atoms with E-state index in [4.69, 9.17) is 4.52 Å². The molecule has 0 aliphatic carbocycles. The molecule has 7 nitrogen and oxygen atoms in total. The first-order chi connectivity index (χ1) is 14.4. The van der Waals surface area contributed by atoms with Crippen molar-refractivity contribution in [3.8, 4) is 17.1 Å². The van der Waals surface area contributed by atoms with Crippen molar-refractivity contribution in [2.24, 2.45) is 0 Å². The summed E-state index contributed by atoms with van der Waals surface area (Å²) < 4.78 is 33.2. The second-order valence-electron chi connectivity index (χ2n) is 6.71. The Bertz CT molecular complexity index is 1200. The summed E-state index contributed by atoms with van der Waals surface area (Å²) in [5, 5.41) is 10.9. The number of nitrogens with one attached hydrogen (secondary N) is 1. The number of carbonyl (C=O) groups excluding carboxylic acids is 1. The normalized spacial score (nSPS) is 12.0. The van der Waals surface area contributed by atoms with Crippen molar-refractivity contribution in [1.82, 2.24) is 25.2 Å². The van der Waals surface area contributed by atoms with E-state index >= 15 is 0 Å². The highest BCUT2D eigenvalue weighted by molar-refractivity contribution is 5.95. The lowest BCUT2D eigenvalue weighted by Crippen LogP contribution is -2.27. The fraction of sp³-hybridized carbons (Fsp3) is 0.143. The van der Waals surface area contributed by atoms with Gasteiger partial charge in [-0.05, 0) is 50.2 Å². The number of benzene rings is 2. The standard InChI is InChI=1S/C21H17F2N5O2/c1-12-18(11-28(26-12)17-8-6-15(22)7-9-17)20(29)24-13(2)21-25-19(27-30-21)14-4-3-5-16(23)10-14/h3-11,13H,1-2H3,(H,24,29)/t13-/m0/s1. The molecule has 30 heavy (non-hydrogen) atoms. The lowest BCUT2D eigenvalue weighted by Gasteiger charge is -2.08. The molecule has 2 aromatic heterocycles. The lowest BCUT2D eigenvalue weighted by molar-refractivity contribution is 0.0932. The third kappa shape index (κ3) is 3.95. The maximum Gasteiger partial charge on any atom is 0.255 e. The van der Waals surface area contributed by atoms with Crippen LogP contribution in [0, 0.1) is 18.6 Å². The van der Waals surface area contributed by atoms with E-state index in [-0.39, 0.29) is 23.4 Å². The molecule has 0 aliphatic rings. The molecule has 0 saturated heterocycles. The number of amides is 1. The Hall–Kier alpha value is -3.88. The number of nitrogens with zero attached hydrogens (tertiary/aromatic N) is 4. The molecular formula is C21H17F2N5O2. The number of rotatable bonds is 5. The van der Waals surface area contributed by atoms with Crippen LogP contribution in [0.4, 0.5) is 8.78 Å². The van der Waals surface area contributed by atoms with Gasteiger partial charge in [0.05, 0.1) is 16.9 Å². The summed E-state index contributed by atoms with van der Waals surface area (Å²) in [4.78, 5) is 16.9. The summed E-state index contributed by atoms with van der Waals surface area (Å²) in [5.74, 6) is -0.726. The van der Waals surface area contributed by atoms with E-state index < -0.39 is 11.9 Å². The van der Waals surface area contributed by atoms with Gasteiger partial charge in [0.2, 0.25) is 11.7 Å². The van der Waals surface area contributed by atoms with E-state index in [1.165, 1.54) is 28.9 Å². The molecule has 4 aromatic rings. The zero-order valence-corrected chi connectivity index (χ0v) is 16.1. The molecule has 152 valence electrons. The van der Waals surface area contributed by atoms with Crippen molar-refractivity contribution in [2.45, 2.75) is 19.9 Å². The predicted octanol–water partition coefficient (Wildman–Crippen LogP) is 4.00. The minimum absolute atomic E-state index is 0.186. The van der Waals surface area contributed by atoms with Crippen LogP contribution in [0.15, 0.2) is 59.3 Å². The molecule has 0 unspecified atom stereocenters. The summed E-state index contributed by atoms with van der Waals surface area (Å²) in [6, 6.07) is 11.0. The molecule has 1 atom stereocenters. The van der Waals surface area contributed by atoms with Crippen LogP contribution in [0.1, 0.15) is 34.9 Å². The molecule has 1 N–H and O–H groups in total. The van der Waals surface area contributed by atoms with E-state index in [0.717, 1.165) is 0 Å². The second kappa shape index (κ2) is 7.86. The number of carbonyl (C=O) groups is 1. The fourth-order valence-electron chi connectivity index (χ4n) is 2.90. The highest BCUT2D eigenvalue weighted by Crippen LogP contribution is 2.20. The molecule has 9 heteroatoms. The summed E-state index contributed by atoms with van der Waals surface area (Å²) in [6.07, 6.45) is 1.57. The van der Waals surface area contributed by atoms with Gasteiger partial charge in [0.15, 0.2) is 0 Å². The molecule has 2 heterocycles. The van der Waals surface area contributed by atoms with Crippen LogP contribution in [0.25, 0.3) is 17.1 Å². The molecule has 0 spiro atoms. The molecule has 4 rings (SSSR count). The average Bonchev–Trinajstić information content (AvgIpc) is 3.36. The minimum atomic E-state index is -0.583. The maximum atomic E-state index is 13.4. The number of hydrogen-bond acceptors (Lipinski definition) is 5. The van der Waals surface area contributed by atoms with Crippen molar-refractivity contribution in [2.75, 3.05) is 0 Å². The highest BCUT2D eigenvalue weighted by atomic mass is 19.1. The van der Waals surface area contributed by atoms with Gasteiger partial charge in [-0.1, -0.05) is 17.3 Å². The largest absolute Gasteiger partial charge is 0.340 e. The Morgan fingerprint density at radius 2 is 1.90 bits per heavy atom. The number of halogens is 2. The zero-order valence-electron chi connectivity index (χ0n) is 16.1. The van der Waals surface area contributed by atoms with Gasteiger partial charge in [0.1, 0.15) is 17.7 Å². The first-order valence-electron chi connectivity index (χ1n) is 9.13. The number of aryl methyl sites for hydroxylation is 1. The molecule has 0 bridgehead atoms. The van der Waals surface area contributed by atoms with Crippen LogP contribution in [-0.2, 0) is 0 Å². The summed E-state index contributed by atoms with van der Waals surface area (Å²) >= 11 is 0. The van der Waals surface area contributed by atoms with Gasteiger partial charge in [-0.3, -0.25) is 4.79 Å². The van der Waals surface area contributed by atoms with Gasteiger partial charge < -0.3 is 9.84 Å². The Balaban J connectivity index is 1.50. The van der Waals surface area contributed by atoms with Crippen LogP contribution in [0.2, 0.25) is 0 Å². The van der Waals surface area contributed by atoms with Crippen LogP contribution < -0.4 is 5.32 Å². The Morgan fingerprint density at radius 3 is 2.63 bits per heavy atom. The van der Waals surface area contributed by atoms with Crippen LogP contribution >= 0.6 is 0 Å². The first kappa shape index (κ1) is 19.4. The average molecular weight is 409 g/mol. The van der Waals surface area contributed by atoms with Crippen LogP contribution in [-0.4, -0.2) is 25.8 Å². The van der Waals surface area contributed by atoms with Crippen molar-refractivity contribution in [3.05, 3.63) is 83.5 Å². The zero-order chi connectivity index (χ0) is 21.3. The Morgan fingerprint density at radius 1 is 1.13 bits per heavy atom. The summed E-state index contributed by atoms with van der Waals surface area (Å²) in [6.45, 7) is 3.40. The Kier molecular flexibility index (Phi) is 5.09. The molecule has 1 amide bonds. The van der Waals surface area contributed by atoms with Crippen molar-refractivity contribution >= 4 is 5.91 Å². The minimum Gasteiger partial charge on any atom is -0.340 e. The molecule has 2 aromatic carbocycles. The molecule has 0 aliphatic heterocycles. The Labute approximate surface area is 170 Å². The van der Waals surface area contributed by atoms with Gasteiger partial charge in [-0.15, -0.1) is 0 Å². The predicted molar refractivity (Wildman–Crippen MR) is 104 cm³/mol. The van der Waals surface area contributed by atoms with E-state index in [0.29, 0.717) is 22.5 Å². The van der Waals surface area contributed by atoms with Crippen molar-refractivity contribution < 1.29 is 18.1 Å². The maximum absolute atomic E-state index is 13.4. The van der Waals surface area contributed by atoms with Gasteiger partial charge in [-0.2, -0.15) is 10.1 Å². The molecular weight excluding hydrogens is 392 g/mol. The molecule has 0 radical (unpaired) electrons. The van der Waals surface area contributed by atoms with Crippen LogP contribution in [0.5, 0.6) is 0 Å². The molecule has 0 fully saturated rings. The highest BCUT2D eigenvalue weighted by Gasteiger charge is 2.21. The van der Waals surface area contributed by atoms with Gasteiger partial charge >= 0.3 is 0 Å². The van der Waals surface area contributed by atoms with Crippen LogP contribution in [0.3, 0.4) is 0 Å². The number of aromatic nitrogens is 4. The third-order valence-corrected chi connectivity index (χ3v) is 4.48. The topological polar surface area (TPSA) is 85.8 Å². The monoisotopic (exact) mass is 409 g/mol. The van der Waals surface area contributed by atoms with Gasteiger partial charge in [-0.25, -0.2) is 13.5 Å². The van der Waals surface area contributed by atoms with E-state index in [2.05, 4.69) is 20.6 Å². The van der Waals surface area contributed by atoms with E-state index in [1.54, 1.807) is 44.3 Å². The van der Waals surface area contributed by atoms with Crippen molar-refractivity contribution in [3.63, 3.8) is 0 Å². The SMILES string of the molecule is Cc1nn(-c2ccc(F)cc2)cc1C(=O)N[C@@H](C)c1nc(-c2cccc(F)c2)no1. The smallest absolute Gasteiger partial charge is 0.255 e. The van der Waals surface area contributed by atoms with E-state index in [9.17, 15) is 13.6 Å². The van der Waals surface area contributed by atoms with E-state index in [1.807, 2.05) is 0 Å². The van der Waals surface area contributed by atoms with Gasteiger partial charge in [0.25, 0.3) is 5.91 Å². The van der Waals surface area contributed by atoms with Gasteiger partial charge in [0, 0.05) is 11.8 Å². The van der Waals surface area contributed by atoms with Crippen molar-refractivity contribution in [1.29, 1.82) is 0 Å². The first-order valence-corrected chi connectivity index (χ1v) is 9.13. The molecule has 0 saturated carbocycles. The fourth-order valence-corrected chi connectivity index (χ4v) is 2.90. The lowest BCUT2D eigenvalue weighted by atomic mass is 10.2. The summed E-state index contributed by atoms with van der Waals surface area (Å²) in [7, 11) is 0.